The number of thiazole rings is 1. The lowest BCUT2D eigenvalue weighted by Gasteiger charge is -2.43. The van der Waals surface area contributed by atoms with Crippen molar-refractivity contribution >= 4 is 52.5 Å². The van der Waals surface area contributed by atoms with Crippen LogP contribution in [-0.2, 0) is 21.0 Å². The summed E-state index contributed by atoms with van der Waals surface area (Å²) in [5.74, 6) is -2.88. The first-order valence-corrected chi connectivity index (χ1v) is 16.7. The molecule has 0 radical (unpaired) electrons. The average molecular weight is 639 g/mol. The van der Waals surface area contributed by atoms with Crippen molar-refractivity contribution in [1.82, 2.24) is 9.88 Å². The number of carbonyl (C=O) groups excluding carboxylic acids is 2. The quantitative estimate of drug-likeness (QED) is 0.307. The minimum absolute atomic E-state index is 0.00586. The van der Waals surface area contributed by atoms with Gasteiger partial charge < -0.3 is 14.8 Å². The third-order valence-electron chi connectivity index (χ3n) is 9.59. The van der Waals surface area contributed by atoms with E-state index in [9.17, 15) is 24.3 Å². The first kappa shape index (κ1) is 28.7. The molecule has 1 aromatic heterocycles. The fraction of sp³-hybridized carbons (Fsp3) is 0.438. The van der Waals surface area contributed by atoms with Gasteiger partial charge in [-0.3, -0.25) is 19.3 Å². The summed E-state index contributed by atoms with van der Waals surface area (Å²) in [6.07, 6.45) is 0.927. The molecule has 43 heavy (non-hydrogen) atoms. The summed E-state index contributed by atoms with van der Waals surface area (Å²) >= 11 is 9.34. The number of benzene rings is 2. The minimum Gasteiger partial charge on any atom is -0.489 e. The molecule has 3 aromatic rings. The second kappa shape index (κ2) is 10.8. The molecule has 2 bridgehead atoms. The molecule has 4 aliphatic rings. The van der Waals surface area contributed by atoms with E-state index in [-0.39, 0.29) is 57.9 Å². The second-order valence-corrected chi connectivity index (χ2v) is 15.1. The van der Waals surface area contributed by atoms with Crippen molar-refractivity contribution in [3.63, 3.8) is 0 Å². The third-order valence-corrected chi connectivity index (χ3v) is 12.4. The zero-order chi connectivity index (χ0) is 30.2. The summed E-state index contributed by atoms with van der Waals surface area (Å²) in [6, 6.07) is 14.2. The number of likely N-dealkylation sites (tertiary alicyclic amines) is 1. The average Bonchev–Trinajstić information content (AvgIpc) is 3.70. The van der Waals surface area contributed by atoms with Crippen LogP contribution < -0.4 is 9.61 Å². The standard InChI is InChI=1S/C32H31ClN2O6S2/c1-14(2)10-20(31(38)39)35-29(36)24-18-12-19(25(24)30(35)37)26-23(18)22(27-28(42-26)34-32(40)43-27)17-11-16(33)8-9-21(17)41-13-15-6-4-3-5-7-15/h3-9,11,14,18-20,22-26H,10,12-13H2,1-2H3,(H,34,40)(H,38,39)/t18?,19?,20?,22-,23?,24?,25?,26?/m1/s1. The molecule has 2 amide bonds. The smallest absolute Gasteiger partial charge is 0.326 e. The van der Waals surface area contributed by atoms with E-state index in [1.165, 1.54) is 11.3 Å². The Kier molecular flexibility index (Phi) is 7.22. The fourth-order valence-electron chi connectivity index (χ4n) is 8.09. The number of imide groups is 1. The van der Waals surface area contributed by atoms with E-state index in [1.807, 2.05) is 56.3 Å². The lowest BCUT2D eigenvalue weighted by Crippen LogP contribution is -2.47. The zero-order valence-corrected chi connectivity index (χ0v) is 26.0. The molecule has 8 nitrogen and oxygen atoms in total. The summed E-state index contributed by atoms with van der Waals surface area (Å²) in [5, 5.41) is 11.3. The predicted molar refractivity (Wildman–Crippen MR) is 163 cm³/mol. The van der Waals surface area contributed by atoms with Gasteiger partial charge in [0.15, 0.2) is 0 Å². The van der Waals surface area contributed by atoms with Gasteiger partial charge in [0.25, 0.3) is 0 Å². The largest absolute Gasteiger partial charge is 0.489 e. The first-order valence-electron chi connectivity index (χ1n) is 14.6. The van der Waals surface area contributed by atoms with Crippen LogP contribution in [-0.4, -0.2) is 44.1 Å². The molecule has 2 aliphatic heterocycles. The number of thioether (sulfide) groups is 1. The number of nitrogens with one attached hydrogen (secondary N) is 1. The van der Waals surface area contributed by atoms with Gasteiger partial charge in [0.1, 0.15) is 18.4 Å². The summed E-state index contributed by atoms with van der Waals surface area (Å²) in [5.41, 5.74) is 1.87. The third kappa shape index (κ3) is 4.64. The fourth-order valence-corrected chi connectivity index (χ4v) is 11.1. The number of aromatic nitrogens is 1. The van der Waals surface area contributed by atoms with Gasteiger partial charge in [0.05, 0.1) is 16.9 Å². The Morgan fingerprint density at radius 3 is 2.51 bits per heavy atom. The number of carboxylic acid groups (broad SMARTS) is 1. The highest BCUT2D eigenvalue weighted by atomic mass is 35.5. The van der Waals surface area contributed by atoms with Gasteiger partial charge in [0, 0.05) is 26.6 Å². The number of aliphatic carboxylic acids is 1. The lowest BCUT2D eigenvalue weighted by molar-refractivity contribution is -0.156. The maximum absolute atomic E-state index is 14.0. The van der Waals surface area contributed by atoms with Crippen LogP contribution in [0.2, 0.25) is 5.02 Å². The Labute approximate surface area is 261 Å². The number of carbonyl (C=O) groups is 3. The Hall–Kier alpha value is -3.08. The molecule has 7 unspecified atom stereocenters. The first-order chi connectivity index (χ1) is 20.6. The Morgan fingerprint density at radius 2 is 1.81 bits per heavy atom. The number of carboxylic acids is 1. The van der Waals surface area contributed by atoms with Crippen LogP contribution in [0.25, 0.3) is 0 Å². The van der Waals surface area contributed by atoms with Gasteiger partial charge in [-0.2, -0.15) is 0 Å². The van der Waals surface area contributed by atoms with Gasteiger partial charge in [0.2, 0.25) is 11.8 Å². The molecule has 8 atom stereocenters. The molecule has 2 aromatic carbocycles. The number of hydrogen-bond acceptors (Lipinski definition) is 7. The molecule has 3 fully saturated rings. The molecule has 2 aliphatic carbocycles. The van der Waals surface area contributed by atoms with Gasteiger partial charge in [-0.05, 0) is 60.3 Å². The van der Waals surface area contributed by atoms with Crippen molar-refractivity contribution in [3.05, 3.63) is 79.2 Å². The number of aromatic amines is 1. The molecular weight excluding hydrogens is 608 g/mol. The van der Waals surface area contributed by atoms with E-state index in [0.29, 0.717) is 23.8 Å². The molecule has 2 N–H and O–H groups in total. The Bertz CT molecular complexity index is 1670. The van der Waals surface area contributed by atoms with Crippen LogP contribution in [0.15, 0.2) is 58.4 Å². The van der Waals surface area contributed by atoms with Crippen molar-refractivity contribution in [2.75, 3.05) is 0 Å². The summed E-state index contributed by atoms with van der Waals surface area (Å²) in [7, 11) is 0. The number of fused-ring (bicyclic) bond motifs is 9. The Morgan fingerprint density at radius 1 is 1.09 bits per heavy atom. The van der Waals surface area contributed by atoms with Crippen LogP contribution in [0.3, 0.4) is 0 Å². The van der Waals surface area contributed by atoms with E-state index in [0.717, 1.165) is 25.9 Å². The summed E-state index contributed by atoms with van der Waals surface area (Å²) in [4.78, 5) is 57.6. The van der Waals surface area contributed by atoms with Gasteiger partial charge in [-0.25, -0.2) is 4.79 Å². The molecule has 3 heterocycles. The van der Waals surface area contributed by atoms with E-state index >= 15 is 0 Å². The predicted octanol–water partition coefficient (Wildman–Crippen LogP) is 5.64. The van der Waals surface area contributed by atoms with Crippen LogP contribution in [0, 0.1) is 35.5 Å². The van der Waals surface area contributed by atoms with E-state index < -0.39 is 23.8 Å². The van der Waals surface area contributed by atoms with Crippen LogP contribution in [0.4, 0.5) is 0 Å². The SMILES string of the molecule is CC(C)CC(C(=O)O)N1C(=O)C2C3CC(C2C1=O)C1C3Sc2[nH]c(=O)sc2[C@@H]1c1cc(Cl)ccc1OCc1ccccc1. The second-order valence-electron chi connectivity index (χ2n) is 12.4. The monoisotopic (exact) mass is 638 g/mol. The van der Waals surface area contributed by atoms with Crippen molar-refractivity contribution in [3.8, 4) is 5.75 Å². The summed E-state index contributed by atoms with van der Waals surface area (Å²) < 4.78 is 6.37. The minimum atomic E-state index is -1.17. The van der Waals surface area contributed by atoms with Crippen LogP contribution in [0.1, 0.15) is 48.6 Å². The molecule has 1 saturated heterocycles. The molecule has 2 saturated carbocycles. The van der Waals surface area contributed by atoms with Crippen LogP contribution in [0.5, 0.6) is 5.75 Å². The molecule has 11 heteroatoms. The number of halogens is 1. The van der Waals surface area contributed by atoms with E-state index in [1.54, 1.807) is 17.8 Å². The highest BCUT2D eigenvalue weighted by molar-refractivity contribution is 8.00. The van der Waals surface area contributed by atoms with Crippen molar-refractivity contribution in [1.29, 1.82) is 0 Å². The highest BCUT2D eigenvalue weighted by Gasteiger charge is 2.70. The number of H-pyrrole nitrogens is 1. The molecule has 0 spiro atoms. The maximum atomic E-state index is 14.0. The molecule has 7 rings (SSSR count). The lowest BCUT2D eigenvalue weighted by atomic mass is 9.68. The van der Waals surface area contributed by atoms with Gasteiger partial charge in [-0.15, -0.1) is 11.8 Å². The topological polar surface area (TPSA) is 117 Å². The zero-order valence-electron chi connectivity index (χ0n) is 23.6. The van der Waals surface area contributed by atoms with Crippen LogP contribution >= 0.6 is 34.7 Å². The van der Waals surface area contributed by atoms with Gasteiger partial charge in [-0.1, -0.05) is 67.1 Å². The number of hydrogen-bond donors (Lipinski definition) is 2. The number of nitrogens with zero attached hydrogens (tertiary/aromatic N) is 1. The normalized spacial score (nSPS) is 29.5. The molecular formula is C32H31ClN2O6S2. The van der Waals surface area contributed by atoms with E-state index in [4.69, 9.17) is 16.3 Å². The maximum Gasteiger partial charge on any atom is 0.326 e. The van der Waals surface area contributed by atoms with Crippen molar-refractivity contribution in [2.45, 2.75) is 55.5 Å². The van der Waals surface area contributed by atoms with Crippen molar-refractivity contribution < 1.29 is 24.2 Å². The number of ether oxygens (including phenoxy) is 1. The van der Waals surface area contributed by atoms with Crippen molar-refractivity contribution in [2.24, 2.45) is 35.5 Å². The van der Waals surface area contributed by atoms with E-state index in [2.05, 4.69) is 4.98 Å². The highest BCUT2D eigenvalue weighted by Crippen LogP contribution is 2.69. The summed E-state index contributed by atoms with van der Waals surface area (Å²) in [6.45, 7) is 4.14. The number of amides is 2. The Balaban J connectivity index is 1.29. The number of rotatable bonds is 8. The van der Waals surface area contributed by atoms with Gasteiger partial charge >= 0.3 is 10.8 Å². The molecule has 224 valence electrons.